The summed E-state index contributed by atoms with van der Waals surface area (Å²) in [6.45, 7) is 0. The predicted octanol–water partition coefficient (Wildman–Crippen LogP) is 1.68. The van der Waals surface area contributed by atoms with E-state index in [2.05, 4.69) is 4.98 Å². The van der Waals surface area contributed by atoms with Crippen molar-refractivity contribution < 1.29 is 14.3 Å². The maximum Gasteiger partial charge on any atom is 0.303 e. The highest BCUT2D eigenvalue weighted by Crippen LogP contribution is 2.13. The van der Waals surface area contributed by atoms with Crippen LogP contribution in [-0.4, -0.2) is 16.1 Å². The number of H-pyrrole nitrogens is 1. The van der Waals surface area contributed by atoms with Crippen LogP contribution >= 0.6 is 0 Å². The third-order valence-corrected chi connectivity index (χ3v) is 2.49. The number of aromatic nitrogens is 1. The van der Waals surface area contributed by atoms with Crippen LogP contribution in [0.5, 0.6) is 0 Å². The minimum absolute atomic E-state index is 0.101. The number of nitrogens with one attached hydrogen (secondary N) is 1. The summed E-state index contributed by atoms with van der Waals surface area (Å²) in [4.78, 5) is 24.6. The van der Waals surface area contributed by atoms with Gasteiger partial charge in [0, 0.05) is 12.0 Å². The van der Waals surface area contributed by atoms with Crippen molar-refractivity contribution in [2.24, 2.45) is 0 Å². The summed E-state index contributed by atoms with van der Waals surface area (Å²) in [5.41, 5.74) is 0.435. The van der Waals surface area contributed by atoms with Crippen LogP contribution in [0.2, 0.25) is 0 Å². The molecule has 88 valence electrons. The summed E-state index contributed by atoms with van der Waals surface area (Å²) in [7, 11) is 0. The number of rotatable bonds is 3. The minimum Gasteiger partial charge on any atom is -0.481 e. The molecule has 0 fully saturated rings. The van der Waals surface area contributed by atoms with Gasteiger partial charge in [-0.25, -0.2) is 4.39 Å². The van der Waals surface area contributed by atoms with E-state index in [0.717, 1.165) is 0 Å². The third kappa shape index (κ3) is 2.50. The van der Waals surface area contributed by atoms with E-state index in [1.54, 1.807) is 12.1 Å². The topological polar surface area (TPSA) is 70.2 Å². The lowest BCUT2D eigenvalue weighted by molar-refractivity contribution is -0.136. The lowest BCUT2D eigenvalue weighted by Gasteiger charge is -2.02. The van der Waals surface area contributed by atoms with Crippen molar-refractivity contribution in [1.29, 1.82) is 0 Å². The zero-order valence-corrected chi connectivity index (χ0v) is 8.87. The summed E-state index contributed by atoms with van der Waals surface area (Å²) in [6, 6.07) is 5.67. The number of aliphatic carboxylic acids is 1. The Balaban J connectivity index is 2.45. The molecule has 2 rings (SSSR count). The number of pyridine rings is 1. The van der Waals surface area contributed by atoms with Crippen molar-refractivity contribution in [3.05, 3.63) is 46.0 Å². The number of hydrogen-bond acceptors (Lipinski definition) is 2. The maximum absolute atomic E-state index is 12.9. The van der Waals surface area contributed by atoms with Gasteiger partial charge in [0.1, 0.15) is 5.82 Å². The molecule has 0 atom stereocenters. The fourth-order valence-corrected chi connectivity index (χ4v) is 1.65. The summed E-state index contributed by atoms with van der Waals surface area (Å²) >= 11 is 0. The minimum atomic E-state index is -0.955. The highest BCUT2D eigenvalue weighted by atomic mass is 19.1. The highest BCUT2D eigenvalue weighted by Gasteiger charge is 2.06. The Kier molecular flexibility index (Phi) is 2.91. The molecule has 0 unspecified atom stereocenters. The molecule has 0 aliphatic rings. The second-order valence-corrected chi connectivity index (χ2v) is 3.75. The van der Waals surface area contributed by atoms with E-state index in [9.17, 15) is 14.0 Å². The van der Waals surface area contributed by atoms with Gasteiger partial charge in [-0.3, -0.25) is 9.59 Å². The Morgan fingerprint density at radius 3 is 2.82 bits per heavy atom. The van der Waals surface area contributed by atoms with Crippen molar-refractivity contribution in [1.82, 2.24) is 4.98 Å². The van der Waals surface area contributed by atoms with Gasteiger partial charge in [-0.15, -0.1) is 0 Å². The Labute approximate surface area is 95.7 Å². The molecule has 1 aromatic carbocycles. The van der Waals surface area contributed by atoms with Gasteiger partial charge < -0.3 is 10.1 Å². The molecule has 0 saturated carbocycles. The number of carbonyl (C=O) groups is 1. The van der Waals surface area contributed by atoms with E-state index in [1.165, 1.54) is 12.1 Å². The Morgan fingerprint density at radius 1 is 1.35 bits per heavy atom. The van der Waals surface area contributed by atoms with E-state index in [1.807, 2.05) is 0 Å². The fourth-order valence-electron chi connectivity index (χ4n) is 1.65. The number of carboxylic acids is 1. The first-order chi connectivity index (χ1) is 8.06. The van der Waals surface area contributed by atoms with Crippen LogP contribution in [0.25, 0.3) is 10.9 Å². The molecule has 1 heterocycles. The number of benzene rings is 1. The fraction of sp³-hybridized carbons (Fsp3) is 0.167. The van der Waals surface area contributed by atoms with Crippen LogP contribution in [0.4, 0.5) is 4.39 Å². The summed E-state index contributed by atoms with van der Waals surface area (Å²) in [6.07, 6.45) is 0.0633. The quantitative estimate of drug-likeness (QED) is 0.850. The van der Waals surface area contributed by atoms with Crippen LogP contribution in [0.15, 0.2) is 29.1 Å². The van der Waals surface area contributed by atoms with Gasteiger partial charge in [0.05, 0.1) is 5.52 Å². The van der Waals surface area contributed by atoms with E-state index in [0.29, 0.717) is 16.5 Å². The van der Waals surface area contributed by atoms with Crippen LogP contribution in [0.3, 0.4) is 0 Å². The molecule has 0 amide bonds. The highest BCUT2D eigenvalue weighted by molar-refractivity contribution is 5.79. The molecule has 17 heavy (non-hydrogen) atoms. The molecular formula is C12H10FNO3. The first kappa shape index (κ1) is 11.3. The molecule has 0 radical (unpaired) electrons. The monoisotopic (exact) mass is 235 g/mol. The normalized spacial score (nSPS) is 10.6. The van der Waals surface area contributed by atoms with Crippen molar-refractivity contribution in [3.8, 4) is 0 Å². The van der Waals surface area contributed by atoms with E-state index in [-0.39, 0.29) is 18.4 Å². The zero-order valence-electron chi connectivity index (χ0n) is 8.87. The predicted molar refractivity (Wildman–Crippen MR) is 60.5 cm³/mol. The first-order valence-corrected chi connectivity index (χ1v) is 5.09. The standard InChI is InChI=1S/C12H10FNO3/c13-9-3-1-7-5-8(2-4-11(15)16)12(17)14-10(7)6-9/h1,3,5-6H,2,4H2,(H,14,17)(H,15,16). The Hall–Kier alpha value is -2.17. The number of aryl methyl sites for hydroxylation is 1. The number of halogens is 1. The van der Waals surface area contributed by atoms with E-state index < -0.39 is 11.8 Å². The van der Waals surface area contributed by atoms with Gasteiger partial charge in [0.25, 0.3) is 5.56 Å². The molecule has 0 aliphatic carbocycles. The molecule has 0 bridgehead atoms. The second kappa shape index (κ2) is 4.37. The third-order valence-electron chi connectivity index (χ3n) is 2.49. The zero-order chi connectivity index (χ0) is 12.4. The summed E-state index contributed by atoms with van der Waals surface area (Å²) < 4.78 is 12.9. The first-order valence-electron chi connectivity index (χ1n) is 5.09. The van der Waals surface area contributed by atoms with E-state index in [4.69, 9.17) is 5.11 Å². The summed E-state index contributed by atoms with van der Waals surface area (Å²) in [5, 5.41) is 9.24. The number of aromatic amines is 1. The van der Waals surface area contributed by atoms with Crippen LogP contribution in [-0.2, 0) is 11.2 Å². The molecule has 0 saturated heterocycles. The lowest BCUT2D eigenvalue weighted by atomic mass is 10.1. The van der Waals surface area contributed by atoms with Crippen LogP contribution in [0, 0.1) is 5.82 Å². The largest absolute Gasteiger partial charge is 0.481 e. The van der Waals surface area contributed by atoms with Gasteiger partial charge in [-0.05, 0) is 36.1 Å². The number of fused-ring (bicyclic) bond motifs is 1. The van der Waals surface area contributed by atoms with Gasteiger partial charge in [-0.2, -0.15) is 0 Å². The van der Waals surface area contributed by atoms with Gasteiger partial charge in [0.15, 0.2) is 0 Å². The average Bonchev–Trinajstić information content (AvgIpc) is 2.26. The molecule has 0 aliphatic heterocycles. The maximum atomic E-state index is 12.9. The lowest BCUT2D eigenvalue weighted by Crippen LogP contribution is -2.13. The van der Waals surface area contributed by atoms with E-state index >= 15 is 0 Å². The summed E-state index contributed by atoms with van der Waals surface area (Å²) in [5.74, 6) is -1.38. The van der Waals surface area contributed by atoms with Crippen molar-refractivity contribution in [2.45, 2.75) is 12.8 Å². The van der Waals surface area contributed by atoms with Crippen molar-refractivity contribution in [2.75, 3.05) is 0 Å². The molecule has 2 N–H and O–H groups in total. The van der Waals surface area contributed by atoms with Crippen molar-refractivity contribution >= 4 is 16.9 Å². The molecule has 1 aromatic heterocycles. The second-order valence-electron chi connectivity index (χ2n) is 3.75. The number of hydrogen-bond donors (Lipinski definition) is 2. The average molecular weight is 235 g/mol. The molecule has 0 spiro atoms. The van der Waals surface area contributed by atoms with Crippen molar-refractivity contribution in [3.63, 3.8) is 0 Å². The molecule has 4 nitrogen and oxygen atoms in total. The smallest absolute Gasteiger partial charge is 0.303 e. The van der Waals surface area contributed by atoms with Crippen LogP contribution in [0.1, 0.15) is 12.0 Å². The van der Waals surface area contributed by atoms with Gasteiger partial charge in [0.2, 0.25) is 0 Å². The number of carboxylic acid groups (broad SMARTS) is 1. The SMILES string of the molecule is O=C(O)CCc1cc2ccc(F)cc2[nH]c1=O. The van der Waals surface area contributed by atoms with Crippen LogP contribution < -0.4 is 5.56 Å². The van der Waals surface area contributed by atoms with Gasteiger partial charge in [-0.1, -0.05) is 0 Å². The Morgan fingerprint density at radius 2 is 2.12 bits per heavy atom. The molecule has 2 aromatic rings. The molecular weight excluding hydrogens is 225 g/mol. The van der Waals surface area contributed by atoms with Gasteiger partial charge >= 0.3 is 5.97 Å². The Bertz CT molecular complexity index is 633. The molecule has 5 heteroatoms.